The van der Waals surface area contributed by atoms with Gasteiger partial charge in [0.1, 0.15) is 0 Å². The number of carbonyl (C=O) groups is 3. The minimum absolute atomic E-state index is 0.0498. The average molecular weight is 449 g/mol. The molecule has 0 saturated heterocycles. The number of nitrogens with zero attached hydrogens (tertiary/aromatic N) is 1. The molecule has 0 spiro atoms. The van der Waals surface area contributed by atoms with Gasteiger partial charge in [-0.15, -0.1) is 0 Å². The molecular weight excluding hydrogens is 432 g/mol. The van der Waals surface area contributed by atoms with Crippen LogP contribution in [0.3, 0.4) is 0 Å². The molecule has 0 aliphatic carbocycles. The number of rotatable bonds is 5. The van der Waals surface area contributed by atoms with Crippen molar-refractivity contribution >= 4 is 52.1 Å². The van der Waals surface area contributed by atoms with Crippen LogP contribution in [0.25, 0.3) is 11.0 Å². The SMILES string of the molecule is Cc1ccc(Cl)cc1NC(=O)c1ccccc1C(=O)c1ccc2nc(NC(=O)O)[nH]c2c1. The van der Waals surface area contributed by atoms with Crippen LogP contribution in [0.4, 0.5) is 16.4 Å². The third kappa shape index (κ3) is 4.30. The van der Waals surface area contributed by atoms with Crippen molar-refractivity contribution in [3.63, 3.8) is 0 Å². The minimum Gasteiger partial charge on any atom is -0.465 e. The minimum atomic E-state index is -1.25. The Morgan fingerprint density at radius 1 is 0.969 bits per heavy atom. The number of imidazole rings is 1. The van der Waals surface area contributed by atoms with E-state index in [-0.39, 0.29) is 22.9 Å². The highest BCUT2D eigenvalue weighted by Crippen LogP contribution is 2.23. The van der Waals surface area contributed by atoms with E-state index in [0.717, 1.165) is 5.56 Å². The Morgan fingerprint density at radius 2 is 1.72 bits per heavy atom. The summed E-state index contributed by atoms with van der Waals surface area (Å²) >= 11 is 6.03. The Bertz CT molecular complexity index is 1380. The van der Waals surface area contributed by atoms with Crippen molar-refractivity contribution in [2.45, 2.75) is 6.92 Å². The molecule has 4 rings (SSSR count). The van der Waals surface area contributed by atoms with Crippen molar-refractivity contribution in [3.05, 3.63) is 87.9 Å². The monoisotopic (exact) mass is 448 g/mol. The van der Waals surface area contributed by atoms with E-state index in [4.69, 9.17) is 16.7 Å². The molecule has 2 amide bonds. The second-order valence-electron chi connectivity index (χ2n) is 7.04. The molecule has 32 heavy (non-hydrogen) atoms. The van der Waals surface area contributed by atoms with Crippen molar-refractivity contribution in [1.82, 2.24) is 9.97 Å². The smallest absolute Gasteiger partial charge is 0.411 e. The molecule has 0 atom stereocenters. The van der Waals surface area contributed by atoms with E-state index in [2.05, 4.69) is 20.6 Å². The maximum atomic E-state index is 13.2. The molecular formula is C23H17ClN4O4. The van der Waals surface area contributed by atoms with Gasteiger partial charge in [0.25, 0.3) is 5.91 Å². The predicted octanol–water partition coefficient (Wildman–Crippen LogP) is 5.10. The first-order chi connectivity index (χ1) is 15.3. The van der Waals surface area contributed by atoms with Gasteiger partial charge >= 0.3 is 6.09 Å². The van der Waals surface area contributed by atoms with Gasteiger partial charge in [0.15, 0.2) is 5.78 Å². The number of hydrogen-bond donors (Lipinski definition) is 4. The third-order valence-electron chi connectivity index (χ3n) is 4.83. The molecule has 8 nitrogen and oxygen atoms in total. The zero-order valence-corrected chi connectivity index (χ0v) is 17.5. The number of aromatic nitrogens is 2. The van der Waals surface area contributed by atoms with Crippen LogP contribution in [0.1, 0.15) is 31.8 Å². The fraction of sp³-hybridized carbons (Fsp3) is 0.0435. The van der Waals surface area contributed by atoms with Crippen molar-refractivity contribution in [2.24, 2.45) is 0 Å². The zero-order chi connectivity index (χ0) is 22.8. The lowest BCUT2D eigenvalue weighted by Crippen LogP contribution is -2.17. The molecule has 4 aromatic rings. The van der Waals surface area contributed by atoms with Gasteiger partial charge in [0, 0.05) is 21.8 Å². The number of H-pyrrole nitrogens is 1. The van der Waals surface area contributed by atoms with Gasteiger partial charge in [-0.1, -0.05) is 35.9 Å². The van der Waals surface area contributed by atoms with Gasteiger partial charge in [-0.3, -0.25) is 14.9 Å². The summed E-state index contributed by atoms with van der Waals surface area (Å²) in [6.45, 7) is 1.84. The van der Waals surface area contributed by atoms with E-state index in [1.165, 1.54) is 0 Å². The van der Waals surface area contributed by atoms with Crippen LogP contribution < -0.4 is 10.6 Å². The second kappa shape index (κ2) is 8.52. The number of aryl methyl sites for hydroxylation is 1. The third-order valence-corrected chi connectivity index (χ3v) is 5.07. The van der Waals surface area contributed by atoms with E-state index in [9.17, 15) is 14.4 Å². The van der Waals surface area contributed by atoms with Gasteiger partial charge < -0.3 is 15.4 Å². The molecule has 9 heteroatoms. The molecule has 1 aromatic heterocycles. The maximum absolute atomic E-state index is 13.2. The van der Waals surface area contributed by atoms with Crippen LogP contribution in [0.15, 0.2) is 60.7 Å². The topological polar surface area (TPSA) is 124 Å². The lowest BCUT2D eigenvalue weighted by Gasteiger charge is -2.12. The summed E-state index contributed by atoms with van der Waals surface area (Å²) in [7, 11) is 0. The van der Waals surface area contributed by atoms with Gasteiger partial charge in [0.05, 0.1) is 16.6 Å². The fourth-order valence-electron chi connectivity index (χ4n) is 3.26. The van der Waals surface area contributed by atoms with Gasteiger partial charge in [-0.25, -0.2) is 9.78 Å². The summed E-state index contributed by atoms with van der Waals surface area (Å²) in [4.78, 5) is 43.9. The van der Waals surface area contributed by atoms with Crippen molar-refractivity contribution in [2.75, 3.05) is 10.6 Å². The molecule has 3 aromatic carbocycles. The molecule has 0 saturated carbocycles. The molecule has 0 unspecified atom stereocenters. The van der Waals surface area contributed by atoms with Gasteiger partial charge in [-0.05, 0) is 48.9 Å². The lowest BCUT2D eigenvalue weighted by molar-refractivity contribution is 0.0996. The second-order valence-corrected chi connectivity index (χ2v) is 7.47. The van der Waals surface area contributed by atoms with Crippen LogP contribution in [-0.4, -0.2) is 32.9 Å². The number of benzene rings is 3. The van der Waals surface area contributed by atoms with Gasteiger partial charge in [0.2, 0.25) is 5.95 Å². The first kappa shape index (κ1) is 21.1. The number of nitrogens with one attached hydrogen (secondary N) is 3. The first-order valence-electron chi connectivity index (χ1n) is 9.53. The van der Waals surface area contributed by atoms with E-state index < -0.39 is 12.0 Å². The summed E-state index contributed by atoms with van der Waals surface area (Å²) < 4.78 is 0. The highest BCUT2D eigenvalue weighted by molar-refractivity contribution is 6.31. The van der Waals surface area contributed by atoms with Crippen LogP contribution in [0.5, 0.6) is 0 Å². The number of halogens is 1. The number of carbonyl (C=O) groups excluding carboxylic acids is 2. The van der Waals surface area contributed by atoms with Crippen LogP contribution >= 0.6 is 11.6 Å². The Labute approximate surface area is 187 Å². The van der Waals surface area contributed by atoms with Crippen molar-refractivity contribution in [3.8, 4) is 0 Å². The largest absolute Gasteiger partial charge is 0.465 e. The predicted molar refractivity (Wildman–Crippen MR) is 122 cm³/mol. The van der Waals surface area contributed by atoms with E-state index in [1.807, 2.05) is 6.92 Å². The Kier molecular flexibility index (Phi) is 5.61. The molecule has 0 fully saturated rings. The quantitative estimate of drug-likeness (QED) is 0.316. The van der Waals surface area contributed by atoms with Gasteiger partial charge in [-0.2, -0.15) is 0 Å². The molecule has 1 heterocycles. The summed E-state index contributed by atoms with van der Waals surface area (Å²) in [5, 5.41) is 14.3. The van der Waals surface area contributed by atoms with E-state index in [0.29, 0.717) is 27.3 Å². The maximum Gasteiger partial charge on any atom is 0.411 e. The number of anilines is 2. The molecule has 0 bridgehead atoms. The lowest BCUT2D eigenvalue weighted by atomic mass is 9.97. The normalized spacial score (nSPS) is 10.7. The Hall–Kier alpha value is -4.17. The Morgan fingerprint density at radius 3 is 2.47 bits per heavy atom. The standard InChI is InChI=1S/C23H17ClN4O4/c1-12-6-8-14(24)11-18(12)25-21(30)16-5-3-2-4-15(16)20(29)13-7-9-17-19(10-13)27-22(26-17)28-23(31)32/h2-11H,1H3,(H,25,30)(H,31,32)(H2,26,27,28). The number of fused-ring (bicyclic) bond motifs is 1. The summed E-state index contributed by atoms with van der Waals surface area (Å²) in [5.41, 5.74) is 3.14. The molecule has 0 aliphatic rings. The number of carboxylic acid groups (broad SMARTS) is 1. The van der Waals surface area contributed by atoms with E-state index in [1.54, 1.807) is 60.7 Å². The first-order valence-corrected chi connectivity index (χ1v) is 9.90. The number of ketones is 1. The van der Waals surface area contributed by atoms with Crippen LogP contribution in [0.2, 0.25) is 5.02 Å². The average Bonchev–Trinajstić information content (AvgIpc) is 3.16. The van der Waals surface area contributed by atoms with Crippen LogP contribution in [0, 0.1) is 6.92 Å². The highest BCUT2D eigenvalue weighted by atomic mass is 35.5. The van der Waals surface area contributed by atoms with Crippen molar-refractivity contribution < 1.29 is 19.5 Å². The summed E-state index contributed by atoms with van der Waals surface area (Å²) in [5.74, 6) is -0.744. The molecule has 0 radical (unpaired) electrons. The summed E-state index contributed by atoms with van der Waals surface area (Å²) in [6, 6.07) is 16.4. The molecule has 160 valence electrons. The number of amides is 2. The van der Waals surface area contributed by atoms with E-state index >= 15 is 0 Å². The number of aromatic amines is 1. The zero-order valence-electron chi connectivity index (χ0n) is 16.8. The summed E-state index contributed by atoms with van der Waals surface area (Å²) in [6.07, 6.45) is -1.25. The van der Waals surface area contributed by atoms with Crippen LogP contribution in [-0.2, 0) is 0 Å². The Balaban J connectivity index is 1.65. The van der Waals surface area contributed by atoms with Crippen molar-refractivity contribution in [1.29, 1.82) is 0 Å². The molecule has 4 N–H and O–H groups in total. The molecule has 0 aliphatic heterocycles. The fourth-order valence-corrected chi connectivity index (χ4v) is 3.44. The highest BCUT2D eigenvalue weighted by Gasteiger charge is 2.19. The number of hydrogen-bond acceptors (Lipinski definition) is 4.